The smallest absolute Gasteiger partial charge is 0.0236 e. The fourth-order valence-corrected chi connectivity index (χ4v) is 2.91. The van der Waals surface area contributed by atoms with Crippen molar-refractivity contribution in [3.63, 3.8) is 0 Å². The molecule has 0 aromatic heterocycles. The van der Waals surface area contributed by atoms with Gasteiger partial charge in [-0.1, -0.05) is 18.2 Å². The molecule has 0 N–H and O–H groups in total. The van der Waals surface area contributed by atoms with Crippen molar-refractivity contribution in [1.82, 2.24) is 4.90 Å². The van der Waals surface area contributed by atoms with Gasteiger partial charge in [0.25, 0.3) is 0 Å². The summed E-state index contributed by atoms with van der Waals surface area (Å²) in [5.41, 5.74) is 5.83. The minimum absolute atomic E-state index is 0.654. The second kappa shape index (κ2) is 4.10. The quantitative estimate of drug-likeness (QED) is 0.675. The normalized spacial score (nSPS) is 20.1. The van der Waals surface area contributed by atoms with Gasteiger partial charge in [-0.2, -0.15) is 0 Å². The molecule has 94 valence electrons. The average Bonchev–Trinajstić information content (AvgIpc) is 2.31. The van der Waals surface area contributed by atoms with Crippen LogP contribution in [0.15, 0.2) is 24.3 Å². The Morgan fingerprint density at radius 1 is 0.944 bits per heavy atom. The second-order valence-electron chi connectivity index (χ2n) is 5.87. The summed E-state index contributed by atoms with van der Waals surface area (Å²) in [5, 5.41) is 2.79. The van der Waals surface area contributed by atoms with Crippen LogP contribution < -0.4 is 0 Å². The molecular formula is C17H21N. The summed E-state index contributed by atoms with van der Waals surface area (Å²) < 4.78 is 0. The third kappa shape index (κ3) is 1.83. The lowest BCUT2D eigenvalue weighted by Gasteiger charge is -2.32. The summed E-state index contributed by atoms with van der Waals surface area (Å²) in [5.74, 6) is 0. The van der Waals surface area contributed by atoms with E-state index in [0.717, 1.165) is 6.54 Å². The second-order valence-corrected chi connectivity index (χ2v) is 5.87. The summed E-state index contributed by atoms with van der Waals surface area (Å²) >= 11 is 0. The molecule has 1 heteroatoms. The van der Waals surface area contributed by atoms with Crippen LogP contribution in [0.4, 0.5) is 0 Å². The molecule has 1 heterocycles. The first kappa shape index (κ1) is 11.7. The number of rotatable bonds is 0. The van der Waals surface area contributed by atoms with Crippen molar-refractivity contribution in [3.8, 4) is 0 Å². The van der Waals surface area contributed by atoms with Crippen molar-refractivity contribution in [2.75, 3.05) is 7.05 Å². The molecular weight excluding hydrogens is 218 g/mol. The summed E-state index contributed by atoms with van der Waals surface area (Å²) in [4.78, 5) is 2.44. The van der Waals surface area contributed by atoms with Gasteiger partial charge in [-0.25, -0.2) is 0 Å². The van der Waals surface area contributed by atoms with Gasteiger partial charge < -0.3 is 0 Å². The first-order chi connectivity index (χ1) is 8.54. The van der Waals surface area contributed by atoms with Gasteiger partial charge in [-0.3, -0.25) is 4.90 Å². The maximum atomic E-state index is 2.44. The molecule has 0 fully saturated rings. The molecule has 18 heavy (non-hydrogen) atoms. The molecule has 1 aliphatic rings. The van der Waals surface area contributed by atoms with Crippen LogP contribution in [0.1, 0.15) is 29.2 Å². The van der Waals surface area contributed by atoms with Crippen LogP contribution >= 0.6 is 0 Å². The van der Waals surface area contributed by atoms with E-state index in [0.29, 0.717) is 6.04 Å². The fourth-order valence-electron chi connectivity index (χ4n) is 2.91. The van der Waals surface area contributed by atoms with Crippen molar-refractivity contribution in [2.24, 2.45) is 0 Å². The zero-order valence-electron chi connectivity index (χ0n) is 11.7. The fraction of sp³-hybridized carbons (Fsp3) is 0.412. The molecule has 1 unspecified atom stereocenters. The molecule has 0 saturated carbocycles. The number of benzene rings is 2. The highest BCUT2D eigenvalue weighted by atomic mass is 15.1. The van der Waals surface area contributed by atoms with Crippen LogP contribution in [0, 0.1) is 13.8 Å². The lowest BCUT2D eigenvalue weighted by Crippen LogP contribution is -2.34. The van der Waals surface area contributed by atoms with E-state index in [1.807, 2.05) is 0 Å². The first-order valence-corrected chi connectivity index (χ1v) is 6.77. The van der Waals surface area contributed by atoms with Crippen LogP contribution in [0.5, 0.6) is 0 Å². The van der Waals surface area contributed by atoms with Crippen molar-refractivity contribution < 1.29 is 0 Å². The SMILES string of the molecule is Cc1cc2cc3c(cc2cc1C)CN(C)C(C)C3. The zero-order valence-corrected chi connectivity index (χ0v) is 11.7. The summed E-state index contributed by atoms with van der Waals surface area (Å²) in [6.07, 6.45) is 1.18. The van der Waals surface area contributed by atoms with E-state index in [9.17, 15) is 0 Å². The Labute approximate surface area is 109 Å². The minimum atomic E-state index is 0.654. The number of hydrogen-bond donors (Lipinski definition) is 0. The van der Waals surface area contributed by atoms with Crippen LogP contribution in [0.2, 0.25) is 0 Å². The molecule has 1 aliphatic heterocycles. The molecule has 2 aromatic carbocycles. The Balaban J connectivity index is 2.19. The number of aryl methyl sites for hydroxylation is 2. The predicted molar refractivity (Wildman–Crippen MR) is 78.1 cm³/mol. The zero-order chi connectivity index (χ0) is 12.9. The van der Waals surface area contributed by atoms with E-state index in [4.69, 9.17) is 0 Å². The highest BCUT2D eigenvalue weighted by Crippen LogP contribution is 2.28. The third-order valence-electron chi connectivity index (χ3n) is 4.46. The van der Waals surface area contributed by atoms with Gasteiger partial charge in [0.1, 0.15) is 0 Å². The van der Waals surface area contributed by atoms with Crippen LogP contribution in [-0.2, 0) is 13.0 Å². The molecule has 0 spiro atoms. The molecule has 1 nitrogen and oxygen atoms in total. The molecule has 0 aliphatic carbocycles. The Morgan fingerprint density at radius 2 is 1.50 bits per heavy atom. The largest absolute Gasteiger partial charge is 0.299 e. The molecule has 0 radical (unpaired) electrons. The van der Waals surface area contributed by atoms with Crippen LogP contribution in [-0.4, -0.2) is 18.0 Å². The highest BCUT2D eigenvalue weighted by Gasteiger charge is 2.20. The average molecular weight is 239 g/mol. The molecule has 2 aromatic rings. The predicted octanol–water partition coefficient (Wildman–Crippen LogP) is 3.83. The number of likely N-dealkylation sites (N-methyl/N-ethyl adjacent to an activating group) is 1. The Kier molecular flexibility index (Phi) is 2.67. The molecule has 0 saturated heterocycles. The topological polar surface area (TPSA) is 3.24 Å². The monoisotopic (exact) mass is 239 g/mol. The standard InChI is InChI=1S/C17H21N/c1-11-5-14-8-16-7-13(3)18(4)10-17(16)9-15(14)6-12(11)2/h5-6,8-9,13H,7,10H2,1-4H3. The lowest BCUT2D eigenvalue weighted by atomic mass is 9.91. The molecule has 1 atom stereocenters. The minimum Gasteiger partial charge on any atom is -0.299 e. The molecule has 0 amide bonds. The van der Waals surface area contributed by atoms with Gasteiger partial charge in [0, 0.05) is 12.6 Å². The van der Waals surface area contributed by atoms with Crippen molar-refractivity contribution in [2.45, 2.75) is 39.8 Å². The number of nitrogens with zero attached hydrogens (tertiary/aromatic N) is 1. The molecule has 0 bridgehead atoms. The van der Waals surface area contributed by atoms with Gasteiger partial charge >= 0.3 is 0 Å². The Bertz CT molecular complexity index is 558. The van der Waals surface area contributed by atoms with E-state index in [2.05, 4.69) is 57.0 Å². The lowest BCUT2D eigenvalue weighted by molar-refractivity contribution is 0.231. The number of fused-ring (bicyclic) bond motifs is 2. The summed E-state index contributed by atoms with van der Waals surface area (Å²) in [6, 6.07) is 10.1. The third-order valence-corrected chi connectivity index (χ3v) is 4.46. The van der Waals surface area contributed by atoms with Gasteiger partial charge in [-0.05, 0) is 73.3 Å². The maximum Gasteiger partial charge on any atom is 0.0236 e. The maximum absolute atomic E-state index is 2.44. The van der Waals surface area contributed by atoms with E-state index in [1.54, 1.807) is 0 Å². The number of hydrogen-bond acceptors (Lipinski definition) is 1. The van der Waals surface area contributed by atoms with Gasteiger partial charge in [0.05, 0.1) is 0 Å². The van der Waals surface area contributed by atoms with Gasteiger partial charge in [-0.15, -0.1) is 0 Å². The Hall–Kier alpha value is -1.34. The molecule has 3 rings (SSSR count). The van der Waals surface area contributed by atoms with E-state index in [1.165, 1.54) is 39.4 Å². The van der Waals surface area contributed by atoms with E-state index in [-0.39, 0.29) is 0 Å². The van der Waals surface area contributed by atoms with E-state index >= 15 is 0 Å². The van der Waals surface area contributed by atoms with Gasteiger partial charge in [0.15, 0.2) is 0 Å². The van der Waals surface area contributed by atoms with Crippen LogP contribution in [0.25, 0.3) is 10.8 Å². The van der Waals surface area contributed by atoms with Gasteiger partial charge in [0.2, 0.25) is 0 Å². The first-order valence-electron chi connectivity index (χ1n) is 6.77. The Morgan fingerprint density at radius 3 is 2.11 bits per heavy atom. The highest BCUT2D eigenvalue weighted by molar-refractivity contribution is 5.85. The van der Waals surface area contributed by atoms with Crippen LogP contribution in [0.3, 0.4) is 0 Å². The summed E-state index contributed by atoms with van der Waals surface area (Å²) in [7, 11) is 2.22. The van der Waals surface area contributed by atoms with Crippen molar-refractivity contribution in [1.29, 1.82) is 0 Å². The summed E-state index contributed by atoms with van der Waals surface area (Å²) in [6.45, 7) is 7.79. The van der Waals surface area contributed by atoms with Crippen molar-refractivity contribution in [3.05, 3.63) is 46.5 Å². The van der Waals surface area contributed by atoms with Crippen molar-refractivity contribution >= 4 is 10.8 Å². The van der Waals surface area contributed by atoms with E-state index < -0.39 is 0 Å².